The van der Waals surface area contributed by atoms with Crippen molar-refractivity contribution < 1.29 is 9.59 Å². The number of thioether (sulfide) groups is 1. The number of benzene rings is 2. The molecule has 1 saturated heterocycles. The Kier molecular flexibility index (Phi) is 8.20. The second-order valence-corrected chi connectivity index (χ2v) is 8.97. The average Bonchev–Trinajstić information content (AvgIpc) is 3.02. The molecule has 0 saturated carbocycles. The van der Waals surface area contributed by atoms with E-state index in [2.05, 4.69) is 12.2 Å². The monoisotopic (exact) mass is 450 g/mol. The Labute approximate surface area is 193 Å². The zero-order valence-corrected chi connectivity index (χ0v) is 19.4. The fraction of sp³-hybridized carbons (Fsp3) is 0.240. The predicted molar refractivity (Wildman–Crippen MR) is 134 cm³/mol. The Balaban J connectivity index is 1.54. The molecule has 2 amide bonds. The van der Waals surface area contributed by atoms with Crippen molar-refractivity contribution in [3.63, 3.8) is 0 Å². The van der Waals surface area contributed by atoms with Crippen LogP contribution < -0.4 is 5.32 Å². The van der Waals surface area contributed by atoms with Gasteiger partial charge in [0.15, 0.2) is 0 Å². The van der Waals surface area contributed by atoms with Crippen molar-refractivity contribution >= 4 is 51.9 Å². The van der Waals surface area contributed by atoms with E-state index < -0.39 is 0 Å². The molecule has 160 valence electrons. The number of thiocarbonyl (C=S) groups is 1. The summed E-state index contributed by atoms with van der Waals surface area (Å²) in [5.41, 5.74) is 4.03. The molecule has 1 aliphatic rings. The maximum Gasteiger partial charge on any atom is 0.266 e. The summed E-state index contributed by atoms with van der Waals surface area (Å²) in [7, 11) is 0. The summed E-state index contributed by atoms with van der Waals surface area (Å²) >= 11 is 6.72. The van der Waals surface area contributed by atoms with Gasteiger partial charge in [0.25, 0.3) is 5.91 Å². The van der Waals surface area contributed by atoms with E-state index in [-0.39, 0.29) is 11.8 Å². The molecule has 0 aliphatic carbocycles. The van der Waals surface area contributed by atoms with Gasteiger partial charge in [-0.1, -0.05) is 85.5 Å². The van der Waals surface area contributed by atoms with E-state index in [0.717, 1.165) is 28.8 Å². The van der Waals surface area contributed by atoms with Crippen LogP contribution in [0.2, 0.25) is 0 Å². The molecule has 6 heteroatoms. The van der Waals surface area contributed by atoms with Gasteiger partial charge in [-0.25, -0.2) is 0 Å². The summed E-state index contributed by atoms with van der Waals surface area (Å²) in [6.45, 7) is 4.47. The lowest BCUT2D eigenvalue weighted by Crippen LogP contribution is -2.29. The van der Waals surface area contributed by atoms with Gasteiger partial charge in [0, 0.05) is 18.7 Å². The van der Waals surface area contributed by atoms with E-state index in [1.54, 1.807) is 4.90 Å². The summed E-state index contributed by atoms with van der Waals surface area (Å²) < 4.78 is 0.542. The highest BCUT2D eigenvalue weighted by Crippen LogP contribution is 2.32. The number of nitrogens with one attached hydrogen (secondary N) is 1. The third-order valence-electron chi connectivity index (χ3n) is 4.88. The first-order valence-electron chi connectivity index (χ1n) is 10.3. The van der Waals surface area contributed by atoms with Crippen LogP contribution in [0.5, 0.6) is 0 Å². The standard InChI is InChI=1S/C25H26N2O2S2/c1-3-20-12-7-8-13-21(20)26-23(28)14-9-15-27-24(29)22(31-25(27)30)17-18(2)16-19-10-5-4-6-11-19/h4-8,10-13,16-17H,3,9,14-15H2,1-2H3,(H,26,28)/b18-16+,22-17-. The van der Waals surface area contributed by atoms with Gasteiger partial charge in [-0.3, -0.25) is 14.5 Å². The average molecular weight is 451 g/mol. The zero-order valence-electron chi connectivity index (χ0n) is 17.8. The lowest BCUT2D eigenvalue weighted by atomic mass is 10.1. The molecule has 2 aromatic rings. The maximum absolute atomic E-state index is 12.8. The van der Waals surface area contributed by atoms with Crippen LogP contribution in [0.1, 0.15) is 37.8 Å². The first kappa shape index (κ1) is 23.0. The summed E-state index contributed by atoms with van der Waals surface area (Å²) in [4.78, 5) is 27.3. The number of aryl methyl sites for hydroxylation is 1. The molecule has 0 radical (unpaired) electrons. The number of nitrogens with zero attached hydrogens (tertiary/aromatic N) is 1. The number of rotatable bonds is 8. The summed E-state index contributed by atoms with van der Waals surface area (Å²) in [5.74, 6) is -0.143. The van der Waals surface area contributed by atoms with Gasteiger partial charge >= 0.3 is 0 Å². The number of anilines is 1. The van der Waals surface area contributed by atoms with Crippen molar-refractivity contribution in [3.05, 3.63) is 82.3 Å². The molecule has 0 aromatic heterocycles. The molecule has 1 heterocycles. The SMILES string of the molecule is CCc1ccccc1NC(=O)CCCN1C(=O)/C(=C/C(C)=C/c2ccccc2)SC1=S. The molecule has 4 nitrogen and oxygen atoms in total. The Hall–Kier alpha value is -2.70. The number of carbonyl (C=O) groups excluding carboxylic acids is 2. The van der Waals surface area contributed by atoms with Crippen LogP contribution in [-0.4, -0.2) is 27.6 Å². The quantitative estimate of drug-likeness (QED) is 0.407. The molecule has 31 heavy (non-hydrogen) atoms. The highest BCUT2D eigenvalue weighted by molar-refractivity contribution is 8.26. The first-order chi connectivity index (χ1) is 15.0. The van der Waals surface area contributed by atoms with E-state index >= 15 is 0 Å². The van der Waals surface area contributed by atoms with Crippen molar-refractivity contribution in [2.45, 2.75) is 33.1 Å². The zero-order chi connectivity index (χ0) is 22.2. The number of carbonyl (C=O) groups is 2. The van der Waals surface area contributed by atoms with Gasteiger partial charge < -0.3 is 5.32 Å². The Bertz CT molecular complexity index is 1030. The van der Waals surface area contributed by atoms with Crippen LogP contribution in [0.4, 0.5) is 5.69 Å². The van der Waals surface area contributed by atoms with Crippen molar-refractivity contribution in [1.82, 2.24) is 4.90 Å². The minimum absolute atomic E-state index is 0.0523. The van der Waals surface area contributed by atoms with Gasteiger partial charge in [0.05, 0.1) is 4.91 Å². The molecule has 2 aromatic carbocycles. The van der Waals surface area contributed by atoms with Crippen LogP contribution in [0.3, 0.4) is 0 Å². The second kappa shape index (κ2) is 11.1. The lowest BCUT2D eigenvalue weighted by Gasteiger charge is -2.14. The van der Waals surface area contributed by atoms with Gasteiger partial charge in [-0.15, -0.1) is 0 Å². The van der Waals surface area contributed by atoms with Gasteiger partial charge in [-0.2, -0.15) is 0 Å². The van der Waals surface area contributed by atoms with Gasteiger partial charge in [0.2, 0.25) is 5.91 Å². The highest BCUT2D eigenvalue weighted by Gasteiger charge is 2.31. The fourth-order valence-electron chi connectivity index (χ4n) is 3.31. The molecular weight excluding hydrogens is 424 g/mol. The Morgan fingerprint density at radius 3 is 2.58 bits per heavy atom. The summed E-state index contributed by atoms with van der Waals surface area (Å²) in [5, 5.41) is 2.97. The molecule has 0 unspecified atom stereocenters. The Morgan fingerprint density at radius 1 is 1.13 bits per heavy atom. The number of para-hydroxylation sites is 1. The normalized spacial score (nSPS) is 15.6. The van der Waals surface area contributed by atoms with Gasteiger partial charge in [0.1, 0.15) is 4.32 Å². The van der Waals surface area contributed by atoms with Crippen LogP contribution in [0, 0.1) is 0 Å². The van der Waals surface area contributed by atoms with Crippen molar-refractivity contribution in [3.8, 4) is 0 Å². The Morgan fingerprint density at radius 2 is 1.84 bits per heavy atom. The number of amides is 2. The lowest BCUT2D eigenvalue weighted by molar-refractivity contribution is -0.122. The largest absolute Gasteiger partial charge is 0.326 e. The van der Waals surface area contributed by atoms with Crippen LogP contribution in [-0.2, 0) is 16.0 Å². The molecule has 3 rings (SSSR count). The molecular formula is C25H26N2O2S2. The minimum Gasteiger partial charge on any atom is -0.326 e. The van der Waals surface area contributed by atoms with Crippen molar-refractivity contribution in [2.24, 2.45) is 0 Å². The van der Waals surface area contributed by atoms with E-state index in [9.17, 15) is 9.59 Å². The van der Waals surface area contributed by atoms with Gasteiger partial charge in [-0.05, 0) is 48.6 Å². The molecule has 1 N–H and O–H groups in total. The van der Waals surface area contributed by atoms with Crippen LogP contribution in [0.25, 0.3) is 6.08 Å². The van der Waals surface area contributed by atoms with Crippen LogP contribution >= 0.6 is 24.0 Å². The molecule has 1 aliphatic heterocycles. The number of allylic oxidation sites excluding steroid dienone is 2. The maximum atomic E-state index is 12.8. The molecule has 1 fully saturated rings. The minimum atomic E-state index is -0.0902. The summed E-state index contributed by atoms with van der Waals surface area (Å²) in [6, 6.07) is 17.8. The first-order valence-corrected chi connectivity index (χ1v) is 11.6. The number of hydrogen-bond acceptors (Lipinski definition) is 4. The molecule has 0 spiro atoms. The predicted octanol–water partition coefficient (Wildman–Crippen LogP) is 5.82. The summed E-state index contributed by atoms with van der Waals surface area (Å²) in [6.07, 6.45) is 5.66. The second-order valence-electron chi connectivity index (χ2n) is 7.29. The highest BCUT2D eigenvalue weighted by atomic mass is 32.2. The number of hydrogen-bond donors (Lipinski definition) is 1. The van der Waals surface area contributed by atoms with E-state index in [0.29, 0.717) is 28.6 Å². The topological polar surface area (TPSA) is 49.4 Å². The fourth-order valence-corrected chi connectivity index (χ4v) is 4.67. The van der Waals surface area contributed by atoms with E-state index in [1.165, 1.54) is 11.8 Å². The smallest absolute Gasteiger partial charge is 0.266 e. The van der Waals surface area contributed by atoms with Crippen LogP contribution in [0.15, 0.2) is 71.2 Å². The third-order valence-corrected chi connectivity index (χ3v) is 6.26. The van der Waals surface area contributed by atoms with Crippen molar-refractivity contribution in [2.75, 3.05) is 11.9 Å². The van der Waals surface area contributed by atoms with Crippen molar-refractivity contribution in [1.29, 1.82) is 0 Å². The molecule has 0 atom stereocenters. The van der Waals surface area contributed by atoms with E-state index in [4.69, 9.17) is 12.2 Å². The molecule has 0 bridgehead atoms. The van der Waals surface area contributed by atoms with E-state index in [1.807, 2.05) is 73.7 Å². The third kappa shape index (κ3) is 6.39.